The van der Waals surface area contributed by atoms with E-state index >= 15 is 0 Å². The minimum Gasteiger partial charge on any atom is -0.497 e. The summed E-state index contributed by atoms with van der Waals surface area (Å²) in [7, 11) is 3.04. The van der Waals surface area contributed by atoms with Gasteiger partial charge in [-0.05, 0) is 28.5 Å². The molecule has 0 unspecified atom stereocenters. The second kappa shape index (κ2) is 8.90. The van der Waals surface area contributed by atoms with Crippen LogP contribution in [0.25, 0.3) is 10.8 Å². The normalized spacial score (nSPS) is 10.4. The second-order valence-corrected chi connectivity index (χ2v) is 6.13. The van der Waals surface area contributed by atoms with Crippen molar-refractivity contribution in [3.05, 3.63) is 66.2 Å². The highest BCUT2D eigenvalue weighted by Gasteiger charge is 2.12. The molecule has 0 aliphatic carbocycles. The van der Waals surface area contributed by atoms with Crippen LogP contribution in [0.15, 0.2) is 60.7 Å². The molecule has 0 aliphatic heterocycles. The number of esters is 1. The van der Waals surface area contributed by atoms with Crippen LogP contribution in [-0.4, -0.2) is 32.7 Å². The van der Waals surface area contributed by atoms with Gasteiger partial charge in [-0.1, -0.05) is 42.5 Å². The van der Waals surface area contributed by atoms with Gasteiger partial charge in [-0.25, -0.2) is 0 Å². The fourth-order valence-corrected chi connectivity index (χ4v) is 2.80. The summed E-state index contributed by atoms with van der Waals surface area (Å²) in [6.45, 7) is -0.373. The topological polar surface area (TPSA) is 73.9 Å². The molecular formula is C22H21NO5. The molecule has 0 saturated carbocycles. The Morgan fingerprint density at radius 1 is 0.893 bits per heavy atom. The minimum absolute atomic E-state index is 0.101. The smallest absolute Gasteiger partial charge is 0.310 e. The number of amides is 1. The molecule has 1 amide bonds. The lowest BCUT2D eigenvalue weighted by Gasteiger charge is -2.12. The molecule has 0 spiro atoms. The molecule has 28 heavy (non-hydrogen) atoms. The highest BCUT2D eigenvalue weighted by atomic mass is 16.5. The molecule has 0 fully saturated rings. The average molecular weight is 379 g/mol. The maximum absolute atomic E-state index is 12.1. The van der Waals surface area contributed by atoms with E-state index in [1.165, 1.54) is 7.11 Å². The largest absolute Gasteiger partial charge is 0.497 e. The fraction of sp³-hybridized carbons (Fsp3) is 0.182. The summed E-state index contributed by atoms with van der Waals surface area (Å²) >= 11 is 0. The van der Waals surface area contributed by atoms with Crippen molar-refractivity contribution in [1.82, 2.24) is 0 Å². The van der Waals surface area contributed by atoms with Gasteiger partial charge < -0.3 is 19.5 Å². The van der Waals surface area contributed by atoms with E-state index in [0.717, 1.165) is 16.3 Å². The molecule has 144 valence electrons. The van der Waals surface area contributed by atoms with Crippen molar-refractivity contribution < 1.29 is 23.8 Å². The van der Waals surface area contributed by atoms with E-state index in [9.17, 15) is 9.59 Å². The minimum atomic E-state index is -0.466. The quantitative estimate of drug-likeness (QED) is 0.635. The zero-order valence-electron chi connectivity index (χ0n) is 15.7. The van der Waals surface area contributed by atoms with Gasteiger partial charge in [0, 0.05) is 6.07 Å². The molecule has 0 atom stereocenters. The van der Waals surface area contributed by atoms with Crippen LogP contribution in [0.4, 0.5) is 5.69 Å². The van der Waals surface area contributed by atoms with Crippen LogP contribution in [0.5, 0.6) is 11.5 Å². The zero-order chi connectivity index (χ0) is 19.9. The predicted molar refractivity (Wildman–Crippen MR) is 107 cm³/mol. The Kier molecular flexibility index (Phi) is 6.11. The van der Waals surface area contributed by atoms with E-state index in [0.29, 0.717) is 17.2 Å². The SMILES string of the molecule is COc1ccc(NC(=O)COC(=O)Cc2ccc3ccccc3c2)c(OC)c1. The Balaban J connectivity index is 1.54. The number of carbonyl (C=O) groups excluding carboxylic acids is 2. The summed E-state index contributed by atoms with van der Waals surface area (Å²) < 4.78 is 15.4. The standard InChI is InChI=1S/C22H21NO5/c1-26-18-9-10-19(20(13-18)27-2)23-21(24)14-28-22(25)12-15-7-8-16-5-3-4-6-17(16)11-15/h3-11,13H,12,14H2,1-2H3,(H,23,24). The molecule has 0 heterocycles. The first kappa shape index (κ1) is 19.2. The van der Waals surface area contributed by atoms with Gasteiger partial charge >= 0.3 is 5.97 Å². The number of fused-ring (bicyclic) bond motifs is 1. The van der Waals surface area contributed by atoms with Crippen molar-refractivity contribution in [3.8, 4) is 11.5 Å². The van der Waals surface area contributed by atoms with Crippen LogP contribution in [0.3, 0.4) is 0 Å². The van der Waals surface area contributed by atoms with Crippen molar-refractivity contribution in [1.29, 1.82) is 0 Å². The van der Waals surface area contributed by atoms with E-state index < -0.39 is 11.9 Å². The number of nitrogens with one attached hydrogen (secondary N) is 1. The van der Waals surface area contributed by atoms with E-state index in [4.69, 9.17) is 14.2 Å². The third-order valence-corrected chi connectivity index (χ3v) is 4.21. The van der Waals surface area contributed by atoms with Gasteiger partial charge in [-0.3, -0.25) is 9.59 Å². The zero-order valence-corrected chi connectivity index (χ0v) is 15.7. The van der Waals surface area contributed by atoms with E-state index in [1.807, 2.05) is 42.5 Å². The van der Waals surface area contributed by atoms with Gasteiger partial charge in [0.15, 0.2) is 6.61 Å². The number of benzene rings is 3. The number of ether oxygens (including phenoxy) is 3. The summed E-state index contributed by atoms with van der Waals surface area (Å²) in [5.74, 6) is 0.148. The van der Waals surface area contributed by atoms with E-state index in [2.05, 4.69) is 5.32 Å². The van der Waals surface area contributed by atoms with Gasteiger partial charge in [-0.15, -0.1) is 0 Å². The van der Waals surface area contributed by atoms with E-state index in [1.54, 1.807) is 25.3 Å². The maximum atomic E-state index is 12.1. The molecule has 6 nitrogen and oxygen atoms in total. The number of hydrogen-bond acceptors (Lipinski definition) is 5. The average Bonchev–Trinajstić information content (AvgIpc) is 2.72. The molecule has 3 aromatic rings. The molecular weight excluding hydrogens is 358 g/mol. The number of anilines is 1. The van der Waals surface area contributed by atoms with Crippen LogP contribution in [-0.2, 0) is 20.7 Å². The number of rotatable bonds is 7. The second-order valence-electron chi connectivity index (χ2n) is 6.13. The molecule has 0 saturated heterocycles. The van der Waals surface area contributed by atoms with Crippen molar-refractivity contribution in [2.45, 2.75) is 6.42 Å². The van der Waals surface area contributed by atoms with Crippen LogP contribution in [0.2, 0.25) is 0 Å². The Labute approximate surface area is 163 Å². The summed E-state index contributed by atoms with van der Waals surface area (Å²) in [5.41, 5.74) is 1.31. The summed E-state index contributed by atoms with van der Waals surface area (Å²) in [5, 5.41) is 4.82. The first-order chi connectivity index (χ1) is 13.6. The Morgan fingerprint density at radius 3 is 2.43 bits per heavy atom. The number of hydrogen-bond donors (Lipinski definition) is 1. The highest BCUT2D eigenvalue weighted by molar-refractivity contribution is 5.94. The summed E-state index contributed by atoms with van der Waals surface area (Å²) in [4.78, 5) is 24.2. The van der Waals surface area contributed by atoms with Gasteiger partial charge in [-0.2, -0.15) is 0 Å². The Bertz CT molecular complexity index is 999. The monoisotopic (exact) mass is 379 g/mol. The highest BCUT2D eigenvalue weighted by Crippen LogP contribution is 2.28. The molecule has 1 N–H and O–H groups in total. The lowest BCUT2D eigenvalue weighted by molar-refractivity contribution is -0.146. The summed E-state index contributed by atoms with van der Waals surface area (Å²) in [6.07, 6.45) is 0.101. The third kappa shape index (κ3) is 4.79. The molecule has 3 aromatic carbocycles. The molecule has 0 aromatic heterocycles. The molecule has 0 radical (unpaired) electrons. The van der Waals surface area contributed by atoms with Crippen molar-refractivity contribution in [2.24, 2.45) is 0 Å². The predicted octanol–water partition coefficient (Wildman–Crippen LogP) is 3.58. The van der Waals surface area contributed by atoms with Crippen molar-refractivity contribution >= 4 is 28.3 Å². The van der Waals surface area contributed by atoms with Crippen molar-refractivity contribution in [3.63, 3.8) is 0 Å². The lowest BCUT2D eigenvalue weighted by atomic mass is 10.1. The maximum Gasteiger partial charge on any atom is 0.310 e. The van der Waals surface area contributed by atoms with Crippen LogP contribution < -0.4 is 14.8 Å². The molecule has 3 rings (SSSR count). The van der Waals surface area contributed by atoms with Crippen LogP contribution in [0.1, 0.15) is 5.56 Å². The summed E-state index contributed by atoms with van der Waals surface area (Å²) in [6, 6.07) is 18.7. The molecule has 0 aliphatic rings. The Morgan fingerprint density at radius 2 is 1.68 bits per heavy atom. The number of carbonyl (C=O) groups is 2. The molecule has 6 heteroatoms. The number of methoxy groups -OCH3 is 2. The van der Waals surface area contributed by atoms with Crippen LogP contribution >= 0.6 is 0 Å². The van der Waals surface area contributed by atoms with Crippen LogP contribution in [0, 0.1) is 0 Å². The van der Waals surface area contributed by atoms with Crippen molar-refractivity contribution in [2.75, 3.05) is 26.1 Å². The van der Waals surface area contributed by atoms with Gasteiger partial charge in [0.1, 0.15) is 11.5 Å². The first-order valence-corrected chi connectivity index (χ1v) is 8.74. The Hall–Kier alpha value is -3.54. The van der Waals surface area contributed by atoms with E-state index in [-0.39, 0.29) is 13.0 Å². The first-order valence-electron chi connectivity index (χ1n) is 8.74. The fourth-order valence-electron chi connectivity index (χ4n) is 2.80. The third-order valence-electron chi connectivity index (χ3n) is 4.21. The van der Waals surface area contributed by atoms with Gasteiger partial charge in [0.25, 0.3) is 5.91 Å². The molecule has 0 bridgehead atoms. The lowest BCUT2D eigenvalue weighted by Crippen LogP contribution is -2.22. The van der Waals surface area contributed by atoms with Gasteiger partial charge in [0.05, 0.1) is 26.3 Å². The van der Waals surface area contributed by atoms with Gasteiger partial charge in [0.2, 0.25) is 0 Å².